The van der Waals surface area contributed by atoms with E-state index in [1.165, 1.54) is 0 Å². The Balaban J connectivity index is 1.79. The Morgan fingerprint density at radius 3 is 2.61 bits per heavy atom. The summed E-state index contributed by atoms with van der Waals surface area (Å²) >= 11 is 7.54. The van der Waals surface area contributed by atoms with Gasteiger partial charge in [-0.25, -0.2) is 4.99 Å². The fraction of sp³-hybridized carbons (Fsp3) is 0.222. The molecule has 1 fully saturated rings. The van der Waals surface area contributed by atoms with Gasteiger partial charge in [0.2, 0.25) is 5.91 Å². The van der Waals surface area contributed by atoms with Crippen LogP contribution >= 0.6 is 23.4 Å². The van der Waals surface area contributed by atoms with E-state index in [1.54, 1.807) is 28.8 Å². The second-order valence-corrected chi connectivity index (χ2v) is 7.31. The molecular weight excluding hydrogens is 328 g/mol. The Bertz CT molecular complexity index is 716. The highest BCUT2D eigenvalue weighted by molar-refractivity contribution is 8.14. The van der Waals surface area contributed by atoms with Gasteiger partial charge in [-0.15, -0.1) is 0 Å². The van der Waals surface area contributed by atoms with E-state index in [0.717, 1.165) is 16.4 Å². The van der Waals surface area contributed by atoms with Crippen LogP contribution in [0, 0.1) is 0 Å². The van der Waals surface area contributed by atoms with E-state index in [0.29, 0.717) is 23.2 Å². The molecule has 3 rings (SSSR count). The Hall–Kier alpha value is -1.78. The Morgan fingerprint density at radius 1 is 1.22 bits per heavy atom. The molecule has 1 heterocycles. The molecule has 2 aromatic carbocycles. The third-order valence-corrected chi connectivity index (χ3v) is 4.85. The largest absolute Gasteiger partial charge is 0.290 e. The van der Waals surface area contributed by atoms with Crippen LogP contribution in [-0.2, 0) is 11.2 Å². The van der Waals surface area contributed by atoms with Crippen molar-refractivity contribution in [2.75, 3.05) is 6.54 Å². The molecule has 0 unspecified atom stereocenters. The number of carbonyl (C=O) groups is 1. The van der Waals surface area contributed by atoms with Crippen molar-refractivity contribution in [3.8, 4) is 0 Å². The highest BCUT2D eigenvalue weighted by Gasteiger charge is 2.30. The lowest BCUT2D eigenvalue weighted by atomic mass is 10.1. The zero-order valence-corrected chi connectivity index (χ0v) is 14.3. The van der Waals surface area contributed by atoms with Crippen LogP contribution in [0.4, 0.5) is 5.69 Å². The highest BCUT2D eigenvalue weighted by atomic mass is 35.5. The van der Waals surface area contributed by atoms with E-state index in [4.69, 9.17) is 11.6 Å². The Kier molecular flexibility index (Phi) is 5.03. The molecule has 0 bridgehead atoms. The lowest BCUT2D eigenvalue weighted by Gasteiger charge is -2.16. The molecule has 0 aliphatic carbocycles. The molecule has 118 valence electrons. The molecule has 1 aliphatic heterocycles. The molecule has 5 heteroatoms. The number of benzene rings is 2. The number of nitrogens with zero attached hydrogens (tertiary/aromatic N) is 2. The topological polar surface area (TPSA) is 32.7 Å². The molecule has 0 radical (unpaired) electrons. The molecule has 1 atom stereocenters. The maximum Gasteiger partial charge on any atom is 0.233 e. The molecule has 3 nitrogen and oxygen atoms in total. The maximum atomic E-state index is 12.6. The van der Waals surface area contributed by atoms with Gasteiger partial charge in [0.1, 0.15) is 0 Å². The first-order valence-electron chi connectivity index (χ1n) is 7.47. The fourth-order valence-electron chi connectivity index (χ4n) is 2.40. The number of thioether (sulfide) groups is 1. The van der Waals surface area contributed by atoms with Crippen molar-refractivity contribution in [1.29, 1.82) is 0 Å². The summed E-state index contributed by atoms with van der Waals surface area (Å²) in [5.41, 5.74) is 1.83. The molecule has 23 heavy (non-hydrogen) atoms. The predicted molar refractivity (Wildman–Crippen MR) is 97.5 cm³/mol. The summed E-state index contributed by atoms with van der Waals surface area (Å²) in [6.45, 7) is 2.81. The van der Waals surface area contributed by atoms with Crippen LogP contribution in [0.15, 0.2) is 59.6 Å². The number of rotatable bonds is 3. The first-order valence-corrected chi connectivity index (χ1v) is 8.73. The molecule has 0 N–H and O–H groups in total. The van der Waals surface area contributed by atoms with Crippen LogP contribution < -0.4 is 0 Å². The summed E-state index contributed by atoms with van der Waals surface area (Å²) < 4.78 is 0. The van der Waals surface area contributed by atoms with Gasteiger partial charge in [-0.2, -0.15) is 0 Å². The van der Waals surface area contributed by atoms with E-state index in [-0.39, 0.29) is 5.91 Å². The van der Waals surface area contributed by atoms with Crippen LogP contribution in [-0.4, -0.2) is 27.8 Å². The van der Waals surface area contributed by atoms with E-state index < -0.39 is 0 Å². The second kappa shape index (κ2) is 7.20. The Morgan fingerprint density at radius 2 is 1.91 bits per heavy atom. The summed E-state index contributed by atoms with van der Waals surface area (Å²) in [6.07, 6.45) is 0.397. The molecule has 2 aromatic rings. The molecule has 0 spiro atoms. The van der Waals surface area contributed by atoms with Crippen molar-refractivity contribution < 1.29 is 4.79 Å². The number of hydrogen-bond donors (Lipinski definition) is 0. The number of amides is 1. The van der Waals surface area contributed by atoms with Crippen molar-refractivity contribution in [3.63, 3.8) is 0 Å². The summed E-state index contributed by atoms with van der Waals surface area (Å²) in [5.74, 6) is 0.0840. The van der Waals surface area contributed by atoms with Gasteiger partial charge in [-0.3, -0.25) is 9.69 Å². The number of carbonyl (C=O) groups excluding carboxylic acids is 1. The summed E-state index contributed by atoms with van der Waals surface area (Å²) in [4.78, 5) is 19.0. The van der Waals surface area contributed by atoms with Crippen LogP contribution in [0.3, 0.4) is 0 Å². The van der Waals surface area contributed by atoms with Crippen LogP contribution in [0.25, 0.3) is 0 Å². The SMILES string of the molecule is C[C@@H]1CN(C(=O)Cc2ccccc2)C(=Nc2ccc(Cl)cc2)S1. The highest BCUT2D eigenvalue weighted by Crippen LogP contribution is 2.29. The summed E-state index contributed by atoms with van der Waals surface area (Å²) in [5, 5.41) is 1.79. The third kappa shape index (κ3) is 4.15. The maximum absolute atomic E-state index is 12.6. The van der Waals surface area contributed by atoms with Gasteiger partial charge in [0, 0.05) is 16.8 Å². The van der Waals surface area contributed by atoms with E-state index in [2.05, 4.69) is 11.9 Å². The zero-order chi connectivity index (χ0) is 16.2. The van der Waals surface area contributed by atoms with Gasteiger partial charge < -0.3 is 0 Å². The lowest BCUT2D eigenvalue weighted by Crippen LogP contribution is -2.33. The van der Waals surface area contributed by atoms with Crippen LogP contribution in [0.2, 0.25) is 5.02 Å². The molecule has 1 saturated heterocycles. The number of hydrogen-bond acceptors (Lipinski definition) is 3. The van der Waals surface area contributed by atoms with Crippen molar-refractivity contribution in [3.05, 3.63) is 65.2 Å². The molecule has 1 aliphatic rings. The minimum absolute atomic E-state index is 0.0840. The standard InChI is InChI=1S/C18H17ClN2OS/c1-13-12-21(17(22)11-14-5-3-2-4-6-14)18(23-13)20-16-9-7-15(19)8-10-16/h2-10,13H,11-12H2,1H3/t13-/m1/s1. The number of amidine groups is 1. The average Bonchev–Trinajstić information content (AvgIpc) is 2.91. The average molecular weight is 345 g/mol. The monoisotopic (exact) mass is 344 g/mol. The number of halogens is 1. The van der Waals surface area contributed by atoms with E-state index in [9.17, 15) is 4.79 Å². The van der Waals surface area contributed by atoms with Crippen molar-refractivity contribution in [2.24, 2.45) is 4.99 Å². The predicted octanol–water partition coefficient (Wildman–Crippen LogP) is 4.53. The summed E-state index contributed by atoms with van der Waals surface area (Å²) in [6, 6.07) is 17.1. The molecule has 1 amide bonds. The normalized spacial score (nSPS) is 19.3. The number of aliphatic imine (C=N–C) groups is 1. The van der Waals surface area contributed by atoms with Crippen molar-refractivity contribution in [1.82, 2.24) is 4.90 Å². The molecular formula is C18H17ClN2OS. The van der Waals surface area contributed by atoms with Crippen LogP contribution in [0.5, 0.6) is 0 Å². The van der Waals surface area contributed by atoms with Gasteiger partial charge >= 0.3 is 0 Å². The third-order valence-electron chi connectivity index (χ3n) is 3.53. The quantitative estimate of drug-likeness (QED) is 0.819. The second-order valence-electron chi connectivity index (χ2n) is 5.47. The van der Waals surface area contributed by atoms with Gasteiger partial charge in [-0.05, 0) is 29.8 Å². The van der Waals surface area contributed by atoms with Gasteiger partial charge in [0.15, 0.2) is 5.17 Å². The fourth-order valence-corrected chi connectivity index (χ4v) is 3.57. The van der Waals surface area contributed by atoms with Gasteiger partial charge in [0.05, 0.1) is 12.1 Å². The minimum atomic E-state index is 0.0840. The Labute approximate surface area is 145 Å². The van der Waals surface area contributed by atoms with Crippen LogP contribution in [0.1, 0.15) is 12.5 Å². The van der Waals surface area contributed by atoms with Crippen molar-refractivity contribution >= 4 is 40.1 Å². The molecule has 0 saturated carbocycles. The van der Waals surface area contributed by atoms with Gasteiger partial charge in [-0.1, -0.05) is 60.6 Å². The first-order chi connectivity index (χ1) is 11.1. The summed E-state index contributed by atoms with van der Waals surface area (Å²) in [7, 11) is 0. The minimum Gasteiger partial charge on any atom is -0.290 e. The van der Waals surface area contributed by atoms with Crippen molar-refractivity contribution in [2.45, 2.75) is 18.6 Å². The van der Waals surface area contributed by atoms with E-state index in [1.807, 2.05) is 42.5 Å². The molecule has 0 aromatic heterocycles. The smallest absolute Gasteiger partial charge is 0.233 e. The zero-order valence-electron chi connectivity index (χ0n) is 12.8. The van der Waals surface area contributed by atoms with Gasteiger partial charge in [0.25, 0.3) is 0 Å². The lowest BCUT2D eigenvalue weighted by molar-refractivity contribution is -0.126. The first kappa shape index (κ1) is 16.1. The van der Waals surface area contributed by atoms with E-state index >= 15 is 0 Å².